The van der Waals surface area contributed by atoms with Crippen molar-refractivity contribution in [1.29, 1.82) is 0 Å². The van der Waals surface area contributed by atoms with Crippen LogP contribution in [-0.2, 0) is 5.54 Å². The zero-order valence-corrected chi connectivity index (χ0v) is 17.6. The van der Waals surface area contributed by atoms with Gasteiger partial charge < -0.3 is 10.2 Å². The molecule has 1 unspecified atom stereocenters. The summed E-state index contributed by atoms with van der Waals surface area (Å²) in [5.74, 6) is 0.403. The van der Waals surface area contributed by atoms with Gasteiger partial charge in [-0.05, 0) is 60.0 Å². The Hall–Kier alpha value is -4.18. The second-order valence-electron chi connectivity index (χ2n) is 7.96. The van der Waals surface area contributed by atoms with Gasteiger partial charge in [-0.15, -0.1) is 0 Å². The number of nitrogens with zero attached hydrogens (tertiary/aromatic N) is 2. The van der Waals surface area contributed by atoms with Crippen LogP contribution < -0.4 is 0 Å². The molecule has 2 N–H and O–H groups in total. The van der Waals surface area contributed by atoms with Crippen LogP contribution in [0, 0.1) is 6.92 Å². The second kappa shape index (κ2) is 7.82. The van der Waals surface area contributed by atoms with Crippen molar-refractivity contribution in [3.8, 4) is 11.5 Å². The molecule has 0 aliphatic carbocycles. The molecular formula is C28H22N2O2. The topological polar surface area (TPSA) is 65.2 Å². The maximum absolute atomic E-state index is 9.94. The lowest BCUT2D eigenvalue weighted by atomic mass is 9.74. The molecule has 4 nitrogen and oxygen atoms in total. The number of rotatable bonds is 4. The molecule has 0 fully saturated rings. The first-order chi connectivity index (χ1) is 15.6. The summed E-state index contributed by atoms with van der Waals surface area (Å²) >= 11 is 0. The van der Waals surface area contributed by atoms with Crippen molar-refractivity contribution in [2.45, 2.75) is 12.5 Å². The van der Waals surface area contributed by atoms with Gasteiger partial charge in [-0.25, -0.2) is 0 Å². The van der Waals surface area contributed by atoms with Gasteiger partial charge in [-0.3, -0.25) is 0 Å². The van der Waals surface area contributed by atoms with Crippen molar-refractivity contribution in [3.05, 3.63) is 131 Å². The van der Waals surface area contributed by atoms with E-state index in [1.807, 2.05) is 42.5 Å². The molecule has 4 aromatic rings. The largest absolute Gasteiger partial charge is 0.508 e. The van der Waals surface area contributed by atoms with Crippen molar-refractivity contribution >= 4 is 11.3 Å². The van der Waals surface area contributed by atoms with E-state index in [4.69, 9.17) is 10.2 Å². The number of benzene rings is 4. The van der Waals surface area contributed by atoms with Crippen molar-refractivity contribution in [2.24, 2.45) is 10.2 Å². The minimum atomic E-state index is -0.879. The minimum Gasteiger partial charge on any atom is -0.508 e. The number of hydrogen-bond donors (Lipinski definition) is 2. The van der Waals surface area contributed by atoms with Crippen LogP contribution >= 0.6 is 0 Å². The zero-order chi connectivity index (χ0) is 22.1. The van der Waals surface area contributed by atoms with Crippen LogP contribution in [-0.4, -0.2) is 10.2 Å². The standard InChI is InChI=1S/C28H22N2O2/c1-19-7-11-22(12-8-19)28(23-13-17-25(32)18-14-23)26(20-5-3-2-4-6-20)27(29-30-28)21-9-15-24(31)16-10-21/h2-18,31-32H,1H3. The first-order valence-electron chi connectivity index (χ1n) is 10.5. The van der Waals surface area contributed by atoms with E-state index in [1.54, 1.807) is 24.3 Å². The molecule has 0 saturated heterocycles. The van der Waals surface area contributed by atoms with E-state index in [0.29, 0.717) is 0 Å². The average Bonchev–Trinajstić information content (AvgIpc) is 3.22. The van der Waals surface area contributed by atoms with Crippen LogP contribution in [0.15, 0.2) is 113 Å². The smallest absolute Gasteiger partial charge is 0.160 e. The summed E-state index contributed by atoms with van der Waals surface area (Å²) in [5, 5.41) is 29.4. The molecule has 4 heteroatoms. The average molecular weight is 418 g/mol. The molecule has 1 heterocycles. The van der Waals surface area contributed by atoms with E-state index in [1.165, 1.54) is 0 Å². The molecule has 156 valence electrons. The summed E-state index contributed by atoms with van der Waals surface area (Å²) in [7, 11) is 0. The summed E-state index contributed by atoms with van der Waals surface area (Å²) < 4.78 is 0. The van der Waals surface area contributed by atoms with Crippen molar-refractivity contribution < 1.29 is 10.2 Å². The van der Waals surface area contributed by atoms with E-state index >= 15 is 0 Å². The van der Waals surface area contributed by atoms with Crippen LogP contribution in [0.3, 0.4) is 0 Å². The molecule has 0 aromatic heterocycles. The number of phenolic OH excluding ortho intramolecular Hbond substituents is 2. The fourth-order valence-corrected chi connectivity index (χ4v) is 4.24. The number of phenols is 2. The quantitative estimate of drug-likeness (QED) is 0.388. The fraction of sp³-hybridized carbons (Fsp3) is 0.0714. The Balaban J connectivity index is 1.86. The molecule has 1 aliphatic rings. The van der Waals surface area contributed by atoms with Gasteiger partial charge in [0.25, 0.3) is 0 Å². The van der Waals surface area contributed by atoms with Crippen LogP contribution in [0.25, 0.3) is 11.3 Å². The van der Waals surface area contributed by atoms with E-state index < -0.39 is 5.54 Å². The Labute approximate surface area is 186 Å². The Morgan fingerprint density at radius 2 is 1.12 bits per heavy atom. The summed E-state index contributed by atoms with van der Waals surface area (Å²) in [6.07, 6.45) is 0. The highest BCUT2D eigenvalue weighted by atomic mass is 16.3. The molecular weight excluding hydrogens is 396 g/mol. The molecule has 0 saturated carbocycles. The lowest BCUT2D eigenvalue weighted by Gasteiger charge is -2.30. The summed E-state index contributed by atoms with van der Waals surface area (Å²) in [6.45, 7) is 2.06. The molecule has 4 aromatic carbocycles. The lowest BCUT2D eigenvalue weighted by molar-refractivity contribution is 0.474. The maximum Gasteiger partial charge on any atom is 0.160 e. The third kappa shape index (κ3) is 3.26. The van der Waals surface area contributed by atoms with Gasteiger partial charge in [-0.1, -0.05) is 72.3 Å². The van der Waals surface area contributed by atoms with E-state index in [2.05, 4.69) is 43.3 Å². The molecule has 0 amide bonds. The Kier molecular flexibility index (Phi) is 4.83. The highest BCUT2D eigenvalue weighted by Crippen LogP contribution is 2.53. The maximum atomic E-state index is 9.94. The first-order valence-corrected chi connectivity index (χ1v) is 10.5. The number of azo groups is 1. The van der Waals surface area contributed by atoms with Gasteiger partial charge in [0.15, 0.2) is 5.54 Å². The van der Waals surface area contributed by atoms with Gasteiger partial charge in [0, 0.05) is 11.1 Å². The van der Waals surface area contributed by atoms with Crippen molar-refractivity contribution in [2.75, 3.05) is 0 Å². The van der Waals surface area contributed by atoms with Crippen molar-refractivity contribution in [3.63, 3.8) is 0 Å². The zero-order valence-electron chi connectivity index (χ0n) is 17.6. The van der Waals surface area contributed by atoms with Crippen molar-refractivity contribution in [1.82, 2.24) is 0 Å². The third-order valence-electron chi connectivity index (χ3n) is 5.86. The fourth-order valence-electron chi connectivity index (χ4n) is 4.24. The monoisotopic (exact) mass is 418 g/mol. The molecule has 32 heavy (non-hydrogen) atoms. The predicted molar refractivity (Wildman–Crippen MR) is 126 cm³/mol. The number of aryl methyl sites for hydroxylation is 1. The lowest BCUT2D eigenvalue weighted by Crippen LogP contribution is -2.25. The van der Waals surface area contributed by atoms with E-state index in [-0.39, 0.29) is 11.5 Å². The Morgan fingerprint density at radius 1 is 0.594 bits per heavy atom. The Morgan fingerprint density at radius 3 is 1.72 bits per heavy atom. The minimum absolute atomic E-state index is 0.201. The van der Waals surface area contributed by atoms with Gasteiger partial charge in [0.1, 0.15) is 11.5 Å². The summed E-state index contributed by atoms with van der Waals surface area (Å²) in [4.78, 5) is 0. The van der Waals surface area contributed by atoms with Crippen LogP contribution in [0.4, 0.5) is 0 Å². The summed E-state index contributed by atoms with van der Waals surface area (Å²) in [6, 6.07) is 32.7. The molecule has 0 spiro atoms. The first kappa shape index (κ1) is 19.8. The van der Waals surface area contributed by atoms with Gasteiger partial charge in [0.2, 0.25) is 0 Å². The van der Waals surface area contributed by atoms with Crippen LogP contribution in [0.1, 0.15) is 27.8 Å². The normalized spacial score (nSPS) is 17.7. The highest BCUT2D eigenvalue weighted by Gasteiger charge is 2.45. The SMILES string of the molecule is Cc1ccc(C2(c3ccc(O)cc3)N=NC(c3ccc(O)cc3)=C2c2ccccc2)cc1. The number of aromatic hydroxyl groups is 2. The van der Waals surface area contributed by atoms with Gasteiger partial charge in [-0.2, -0.15) is 10.2 Å². The molecule has 1 atom stereocenters. The van der Waals surface area contributed by atoms with Gasteiger partial charge >= 0.3 is 0 Å². The predicted octanol–water partition coefficient (Wildman–Crippen LogP) is 6.68. The summed E-state index contributed by atoms with van der Waals surface area (Å²) in [5.41, 5.74) is 5.78. The highest BCUT2D eigenvalue weighted by molar-refractivity contribution is 5.98. The second-order valence-corrected chi connectivity index (χ2v) is 7.96. The molecule has 5 rings (SSSR count). The van der Waals surface area contributed by atoms with E-state index in [9.17, 15) is 10.2 Å². The Bertz CT molecular complexity index is 1260. The molecule has 0 radical (unpaired) electrons. The van der Waals surface area contributed by atoms with Crippen LogP contribution in [0.2, 0.25) is 0 Å². The van der Waals surface area contributed by atoms with Crippen LogP contribution in [0.5, 0.6) is 11.5 Å². The molecule has 1 aliphatic heterocycles. The van der Waals surface area contributed by atoms with Gasteiger partial charge in [0.05, 0.1) is 5.70 Å². The molecule has 0 bridgehead atoms. The third-order valence-corrected chi connectivity index (χ3v) is 5.86. The van der Waals surface area contributed by atoms with E-state index in [0.717, 1.165) is 39.1 Å². The number of hydrogen-bond acceptors (Lipinski definition) is 4.